The highest BCUT2D eigenvalue weighted by atomic mass is 32.2. The van der Waals surface area contributed by atoms with E-state index in [0.717, 1.165) is 23.3 Å². The summed E-state index contributed by atoms with van der Waals surface area (Å²) >= 11 is 1.68. The first kappa shape index (κ1) is 11.5. The molecule has 0 aliphatic heterocycles. The van der Waals surface area contributed by atoms with Gasteiger partial charge in [-0.3, -0.25) is 0 Å². The smallest absolute Gasteiger partial charge is 0.137 e. The van der Waals surface area contributed by atoms with E-state index in [2.05, 4.69) is 6.07 Å². The SMILES string of the molecule is NCC1(c2ccc(SC3CC3)c(F)c2)CCC1. The lowest BCUT2D eigenvalue weighted by Crippen LogP contribution is -2.41. The van der Waals surface area contributed by atoms with Crippen LogP contribution in [0.1, 0.15) is 37.7 Å². The molecule has 0 bridgehead atoms. The lowest BCUT2D eigenvalue weighted by atomic mass is 9.64. The Balaban J connectivity index is 1.84. The molecule has 0 saturated heterocycles. The van der Waals surface area contributed by atoms with Crippen LogP contribution in [-0.2, 0) is 5.41 Å². The third-order valence-electron chi connectivity index (χ3n) is 4.06. The van der Waals surface area contributed by atoms with E-state index in [1.54, 1.807) is 17.8 Å². The summed E-state index contributed by atoms with van der Waals surface area (Å²) in [5.74, 6) is -0.0564. The van der Waals surface area contributed by atoms with Crippen molar-refractivity contribution in [2.45, 2.75) is 47.7 Å². The van der Waals surface area contributed by atoms with E-state index in [9.17, 15) is 4.39 Å². The fourth-order valence-corrected chi connectivity index (χ4v) is 3.55. The van der Waals surface area contributed by atoms with Crippen LogP contribution in [0.15, 0.2) is 23.1 Å². The first-order valence-electron chi connectivity index (χ1n) is 6.40. The van der Waals surface area contributed by atoms with Gasteiger partial charge in [-0.25, -0.2) is 4.39 Å². The second-order valence-corrected chi connectivity index (χ2v) is 6.64. The molecule has 2 aliphatic carbocycles. The van der Waals surface area contributed by atoms with E-state index >= 15 is 0 Å². The van der Waals surface area contributed by atoms with E-state index in [1.165, 1.54) is 19.3 Å². The zero-order chi connectivity index (χ0) is 11.9. The van der Waals surface area contributed by atoms with Crippen molar-refractivity contribution in [2.75, 3.05) is 6.54 Å². The van der Waals surface area contributed by atoms with Crippen molar-refractivity contribution in [1.82, 2.24) is 0 Å². The molecule has 0 aromatic heterocycles. The molecule has 2 N–H and O–H groups in total. The molecular weight excluding hydrogens is 233 g/mol. The van der Waals surface area contributed by atoms with Crippen molar-refractivity contribution >= 4 is 11.8 Å². The van der Waals surface area contributed by atoms with E-state index in [-0.39, 0.29) is 11.2 Å². The minimum atomic E-state index is -0.0564. The molecule has 92 valence electrons. The highest BCUT2D eigenvalue weighted by Gasteiger charge is 2.37. The Bertz CT molecular complexity index is 419. The van der Waals surface area contributed by atoms with Crippen molar-refractivity contribution in [1.29, 1.82) is 0 Å². The van der Waals surface area contributed by atoms with Gasteiger partial charge >= 0.3 is 0 Å². The molecule has 0 spiro atoms. The first-order valence-corrected chi connectivity index (χ1v) is 7.28. The molecule has 0 atom stereocenters. The van der Waals surface area contributed by atoms with Gasteiger partial charge < -0.3 is 5.73 Å². The lowest BCUT2D eigenvalue weighted by molar-refractivity contribution is 0.252. The predicted octanol–water partition coefficient (Wildman–Crippen LogP) is 3.46. The molecule has 1 nitrogen and oxygen atoms in total. The number of rotatable bonds is 4. The normalized spacial score (nSPS) is 22.2. The first-order chi connectivity index (χ1) is 8.23. The Morgan fingerprint density at radius 2 is 2.12 bits per heavy atom. The van der Waals surface area contributed by atoms with Crippen molar-refractivity contribution in [3.05, 3.63) is 29.6 Å². The number of thioether (sulfide) groups is 1. The molecule has 0 unspecified atom stereocenters. The van der Waals surface area contributed by atoms with Gasteiger partial charge in [-0.1, -0.05) is 12.5 Å². The van der Waals surface area contributed by atoms with Gasteiger partial charge in [-0.2, -0.15) is 0 Å². The fourth-order valence-electron chi connectivity index (χ4n) is 2.51. The summed E-state index contributed by atoms with van der Waals surface area (Å²) in [5.41, 5.74) is 7.03. The van der Waals surface area contributed by atoms with Crippen LogP contribution in [0.4, 0.5) is 4.39 Å². The Morgan fingerprint density at radius 3 is 2.59 bits per heavy atom. The molecule has 1 aromatic carbocycles. The van der Waals surface area contributed by atoms with Crippen molar-refractivity contribution in [3.63, 3.8) is 0 Å². The average Bonchev–Trinajstić information content (AvgIpc) is 3.05. The second-order valence-electron chi connectivity index (χ2n) is 5.30. The highest BCUT2D eigenvalue weighted by Crippen LogP contribution is 2.45. The summed E-state index contributed by atoms with van der Waals surface area (Å²) in [6, 6.07) is 5.75. The van der Waals surface area contributed by atoms with Crippen molar-refractivity contribution in [3.8, 4) is 0 Å². The molecular formula is C14H18FNS. The maximum atomic E-state index is 14.0. The van der Waals surface area contributed by atoms with Gasteiger partial charge in [0.2, 0.25) is 0 Å². The van der Waals surface area contributed by atoms with Crippen LogP contribution in [-0.4, -0.2) is 11.8 Å². The molecule has 3 heteroatoms. The summed E-state index contributed by atoms with van der Waals surface area (Å²) in [7, 11) is 0. The van der Waals surface area contributed by atoms with E-state index < -0.39 is 0 Å². The maximum Gasteiger partial charge on any atom is 0.137 e. The predicted molar refractivity (Wildman–Crippen MR) is 69.9 cm³/mol. The summed E-state index contributed by atoms with van der Waals surface area (Å²) in [5, 5.41) is 0.655. The van der Waals surface area contributed by atoms with Gasteiger partial charge in [0.05, 0.1) is 0 Å². The quantitative estimate of drug-likeness (QED) is 0.887. The molecule has 0 heterocycles. The van der Waals surface area contributed by atoms with Crippen molar-refractivity contribution < 1.29 is 4.39 Å². The van der Waals surface area contributed by atoms with Crippen LogP contribution in [0.25, 0.3) is 0 Å². The molecule has 1 aromatic rings. The van der Waals surface area contributed by atoms with Crippen LogP contribution < -0.4 is 5.73 Å². The Labute approximate surface area is 106 Å². The molecule has 2 fully saturated rings. The topological polar surface area (TPSA) is 26.0 Å². The Morgan fingerprint density at radius 1 is 1.35 bits per heavy atom. The maximum absolute atomic E-state index is 14.0. The van der Waals surface area contributed by atoms with Crippen LogP contribution in [0, 0.1) is 5.82 Å². The molecule has 17 heavy (non-hydrogen) atoms. The summed E-state index contributed by atoms with van der Waals surface area (Å²) in [6.07, 6.45) is 5.91. The van der Waals surface area contributed by atoms with Gasteiger partial charge in [0.15, 0.2) is 0 Å². The van der Waals surface area contributed by atoms with Crippen LogP contribution in [0.3, 0.4) is 0 Å². The summed E-state index contributed by atoms with van der Waals surface area (Å²) in [4.78, 5) is 0.808. The monoisotopic (exact) mass is 251 g/mol. The zero-order valence-corrected chi connectivity index (χ0v) is 10.7. The number of hydrogen-bond acceptors (Lipinski definition) is 2. The Hall–Kier alpha value is -0.540. The van der Waals surface area contributed by atoms with E-state index in [1.807, 2.05) is 6.07 Å². The fraction of sp³-hybridized carbons (Fsp3) is 0.571. The summed E-state index contributed by atoms with van der Waals surface area (Å²) in [6.45, 7) is 0.640. The molecule has 2 aliphatic rings. The van der Waals surface area contributed by atoms with E-state index in [4.69, 9.17) is 5.73 Å². The largest absolute Gasteiger partial charge is 0.330 e. The zero-order valence-electron chi connectivity index (χ0n) is 9.92. The van der Waals surface area contributed by atoms with Gasteiger partial charge in [0.25, 0.3) is 0 Å². The van der Waals surface area contributed by atoms with Crippen molar-refractivity contribution in [2.24, 2.45) is 5.73 Å². The number of nitrogens with two attached hydrogens (primary N) is 1. The standard InChI is InChI=1S/C14H18FNS/c15-12-8-10(14(9-16)6-1-7-14)2-5-13(12)17-11-3-4-11/h2,5,8,11H,1,3-4,6-7,9,16H2. The van der Waals surface area contributed by atoms with Crippen LogP contribution in [0.5, 0.6) is 0 Å². The molecule has 2 saturated carbocycles. The average molecular weight is 251 g/mol. The third kappa shape index (κ3) is 2.11. The van der Waals surface area contributed by atoms with Gasteiger partial charge in [-0.05, 0) is 43.4 Å². The number of halogens is 1. The van der Waals surface area contributed by atoms with Crippen LogP contribution in [0.2, 0.25) is 0 Å². The minimum absolute atomic E-state index is 0.0564. The molecule has 3 rings (SSSR count). The Kier molecular flexibility index (Phi) is 2.91. The second kappa shape index (κ2) is 4.29. The number of hydrogen-bond donors (Lipinski definition) is 1. The number of benzene rings is 1. The molecule has 0 radical (unpaired) electrons. The van der Waals surface area contributed by atoms with E-state index in [0.29, 0.717) is 11.8 Å². The van der Waals surface area contributed by atoms with Gasteiger partial charge in [0, 0.05) is 22.1 Å². The lowest BCUT2D eigenvalue weighted by Gasteiger charge is -2.41. The third-order valence-corrected chi connectivity index (χ3v) is 5.45. The van der Waals surface area contributed by atoms with Crippen LogP contribution >= 0.6 is 11.8 Å². The van der Waals surface area contributed by atoms with Gasteiger partial charge in [0.1, 0.15) is 5.82 Å². The highest BCUT2D eigenvalue weighted by molar-refractivity contribution is 8.00. The summed E-state index contributed by atoms with van der Waals surface area (Å²) < 4.78 is 14.0. The minimum Gasteiger partial charge on any atom is -0.330 e. The van der Waals surface area contributed by atoms with Gasteiger partial charge in [-0.15, -0.1) is 11.8 Å². The molecule has 0 amide bonds.